The Bertz CT molecular complexity index is 1670. The monoisotopic (exact) mass is 625 g/mol. The summed E-state index contributed by atoms with van der Waals surface area (Å²) in [5.41, 5.74) is 5.06. The Morgan fingerprint density at radius 3 is 1.82 bits per heavy atom. The van der Waals surface area contributed by atoms with Crippen molar-refractivity contribution >= 4 is 27.5 Å². The summed E-state index contributed by atoms with van der Waals surface area (Å²) in [6.45, 7) is 9.36. The van der Waals surface area contributed by atoms with Crippen LogP contribution in [0.2, 0.25) is 0 Å². The molecule has 8 heteroatoms. The van der Waals surface area contributed by atoms with E-state index in [1.54, 1.807) is 36.4 Å². The van der Waals surface area contributed by atoms with Gasteiger partial charge in [-0.25, -0.2) is 8.42 Å². The van der Waals surface area contributed by atoms with Gasteiger partial charge in [0.25, 0.3) is 10.0 Å². The van der Waals surface area contributed by atoms with E-state index in [1.165, 1.54) is 4.90 Å². The highest BCUT2D eigenvalue weighted by Crippen LogP contribution is 2.26. The molecule has 0 spiro atoms. The molecule has 0 heterocycles. The second kappa shape index (κ2) is 15.0. The van der Waals surface area contributed by atoms with Crippen LogP contribution in [0.25, 0.3) is 0 Å². The number of amides is 2. The minimum absolute atomic E-state index is 0.0851. The highest BCUT2D eigenvalue weighted by Gasteiger charge is 2.35. The van der Waals surface area contributed by atoms with Crippen molar-refractivity contribution in [3.63, 3.8) is 0 Å². The first kappa shape index (κ1) is 33.5. The molecule has 45 heavy (non-hydrogen) atoms. The molecule has 0 saturated carbocycles. The van der Waals surface area contributed by atoms with E-state index in [1.807, 2.05) is 101 Å². The van der Waals surface area contributed by atoms with Crippen LogP contribution >= 0.6 is 0 Å². The van der Waals surface area contributed by atoms with Crippen LogP contribution in [-0.4, -0.2) is 43.8 Å². The number of sulfonamides is 1. The van der Waals surface area contributed by atoms with E-state index in [2.05, 4.69) is 5.32 Å². The summed E-state index contributed by atoms with van der Waals surface area (Å²) in [6, 6.07) is 30.0. The van der Waals surface area contributed by atoms with Gasteiger partial charge in [-0.2, -0.15) is 0 Å². The molecule has 2 atom stereocenters. The van der Waals surface area contributed by atoms with E-state index in [0.717, 1.165) is 38.5 Å². The molecule has 0 aliphatic heterocycles. The zero-order chi connectivity index (χ0) is 32.6. The highest BCUT2D eigenvalue weighted by atomic mass is 32.2. The Hall–Kier alpha value is -4.43. The number of aryl methyl sites for hydroxylation is 3. The van der Waals surface area contributed by atoms with Crippen LogP contribution in [0.1, 0.15) is 48.1 Å². The predicted octanol–water partition coefficient (Wildman–Crippen LogP) is 6.36. The summed E-state index contributed by atoms with van der Waals surface area (Å²) in [5, 5.41) is 3.07. The first-order valence-corrected chi connectivity index (χ1v) is 16.8. The van der Waals surface area contributed by atoms with Gasteiger partial charge in [-0.1, -0.05) is 102 Å². The average molecular weight is 626 g/mol. The molecule has 236 valence electrons. The lowest BCUT2D eigenvalue weighted by Gasteiger charge is -2.34. The average Bonchev–Trinajstić information content (AvgIpc) is 3.03. The van der Waals surface area contributed by atoms with Gasteiger partial charge in [0, 0.05) is 19.0 Å². The van der Waals surface area contributed by atoms with E-state index >= 15 is 0 Å². The molecular weight excluding hydrogens is 582 g/mol. The van der Waals surface area contributed by atoms with Crippen LogP contribution < -0.4 is 9.62 Å². The summed E-state index contributed by atoms with van der Waals surface area (Å²) >= 11 is 0. The zero-order valence-electron chi connectivity index (χ0n) is 26.7. The topological polar surface area (TPSA) is 86.8 Å². The molecular formula is C37H43N3O4S. The van der Waals surface area contributed by atoms with Crippen LogP contribution in [0.5, 0.6) is 0 Å². The van der Waals surface area contributed by atoms with Crippen molar-refractivity contribution in [3.05, 3.63) is 131 Å². The summed E-state index contributed by atoms with van der Waals surface area (Å²) in [6.07, 6.45) is 1.00. The zero-order valence-corrected chi connectivity index (χ0v) is 27.6. The molecule has 0 saturated heterocycles. The summed E-state index contributed by atoms with van der Waals surface area (Å²) in [4.78, 5) is 30.1. The van der Waals surface area contributed by atoms with Gasteiger partial charge in [0.05, 0.1) is 10.6 Å². The van der Waals surface area contributed by atoms with Crippen LogP contribution in [0, 0.1) is 20.8 Å². The molecule has 4 rings (SSSR count). The molecule has 7 nitrogen and oxygen atoms in total. The number of nitrogens with one attached hydrogen (secondary N) is 1. The lowest BCUT2D eigenvalue weighted by molar-refractivity contribution is -0.140. The number of hydrogen-bond acceptors (Lipinski definition) is 4. The quantitative estimate of drug-likeness (QED) is 0.187. The van der Waals surface area contributed by atoms with Crippen LogP contribution in [0.4, 0.5) is 5.69 Å². The first-order chi connectivity index (χ1) is 21.5. The lowest BCUT2D eigenvalue weighted by atomic mass is 10.0. The fourth-order valence-electron chi connectivity index (χ4n) is 4.96. The van der Waals surface area contributed by atoms with Crippen molar-refractivity contribution in [2.75, 3.05) is 10.8 Å². The van der Waals surface area contributed by atoms with Crippen molar-refractivity contribution in [2.45, 2.75) is 71.0 Å². The molecule has 4 aromatic rings. The van der Waals surface area contributed by atoms with Gasteiger partial charge in [0.1, 0.15) is 12.6 Å². The van der Waals surface area contributed by atoms with Crippen molar-refractivity contribution in [3.8, 4) is 0 Å². The maximum absolute atomic E-state index is 14.5. The molecule has 2 amide bonds. The molecule has 4 aromatic carbocycles. The fourth-order valence-corrected chi connectivity index (χ4v) is 6.38. The minimum Gasteiger partial charge on any atom is -0.352 e. The lowest BCUT2D eigenvalue weighted by Crippen LogP contribution is -2.54. The second-order valence-corrected chi connectivity index (χ2v) is 13.6. The van der Waals surface area contributed by atoms with Gasteiger partial charge >= 0.3 is 0 Å². The first-order valence-electron chi connectivity index (χ1n) is 15.3. The third-order valence-electron chi connectivity index (χ3n) is 7.96. The van der Waals surface area contributed by atoms with E-state index in [0.29, 0.717) is 5.69 Å². The molecule has 0 radical (unpaired) electrons. The van der Waals surface area contributed by atoms with E-state index in [-0.39, 0.29) is 29.8 Å². The Morgan fingerprint density at radius 2 is 1.27 bits per heavy atom. The standard InChI is InChI=1S/C37H43N3O4S/c1-6-30(5)38-37(42)35(24-31-10-8-7-9-11-31)39(25-32-18-12-27(2)13-19-32)36(41)26-40(33-20-14-28(3)15-21-33)45(43,44)34-22-16-29(4)17-23-34/h7-23,30,35H,6,24-26H2,1-5H3,(H,38,42)/t30-,35+/m0/s1. The van der Waals surface area contributed by atoms with Crippen molar-refractivity contribution in [1.29, 1.82) is 0 Å². The van der Waals surface area contributed by atoms with Crippen molar-refractivity contribution in [2.24, 2.45) is 0 Å². The number of rotatable bonds is 13. The highest BCUT2D eigenvalue weighted by molar-refractivity contribution is 7.92. The Labute approximate surface area is 268 Å². The van der Waals surface area contributed by atoms with E-state index in [9.17, 15) is 18.0 Å². The van der Waals surface area contributed by atoms with Gasteiger partial charge in [-0.05, 0) is 69.5 Å². The van der Waals surface area contributed by atoms with E-state index < -0.39 is 28.5 Å². The van der Waals surface area contributed by atoms with Gasteiger partial charge in [-0.3, -0.25) is 13.9 Å². The van der Waals surface area contributed by atoms with Gasteiger partial charge in [-0.15, -0.1) is 0 Å². The van der Waals surface area contributed by atoms with Gasteiger partial charge in [0.15, 0.2) is 0 Å². The summed E-state index contributed by atoms with van der Waals surface area (Å²) in [5.74, 6) is -0.760. The Morgan fingerprint density at radius 1 is 0.733 bits per heavy atom. The summed E-state index contributed by atoms with van der Waals surface area (Å²) < 4.78 is 29.4. The molecule has 0 unspecified atom stereocenters. The maximum Gasteiger partial charge on any atom is 0.264 e. The third-order valence-corrected chi connectivity index (χ3v) is 9.74. The molecule has 1 N–H and O–H groups in total. The number of nitrogens with zero attached hydrogens (tertiary/aromatic N) is 2. The molecule has 0 aliphatic rings. The summed E-state index contributed by atoms with van der Waals surface area (Å²) in [7, 11) is -4.13. The molecule has 0 fully saturated rings. The van der Waals surface area contributed by atoms with Crippen LogP contribution in [-0.2, 0) is 32.6 Å². The third kappa shape index (κ3) is 8.82. The molecule has 0 aromatic heterocycles. The molecule has 0 aliphatic carbocycles. The second-order valence-electron chi connectivity index (χ2n) is 11.7. The number of hydrogen-bond donors (Lipinski definition) is 1. The number of carbonyl (C=O) groups excluding carboxylic acids is 2. The van der Waals surface area contributed by atoms with Crippen molar-refractivity contribution < 1.29 is 18.0 Å². The van der Waals surface area contributed by atoms with Gasteiger partial charge < -0.3 is 10.2 Å². The number of anilines is 1. The van der Waals surface area contributed by atoms with Gasteiger partial charge in [0.2, 0.25) is 11.8 Å². The normalized spacial score (nSPS) is 12.6. The molecule has 0 bridgehead atoms. The number of benzene rings is 4. The van der Waals surface area contributed by atoms with Crippen LogP contribution in [0.3, 0.4) is 0 Å². The van der Waals surface area contributed by atoms with Crippen molar-refractivity contribution in [1.82, 2.24) is 10.2 Å². The fraction of sp³-hybridized carbons (Fsp3) is 0.297. The predicted molar refractivity (Wildman–Crippen MR) is 180 cm³/mol. The maximum atomic E-state index is 14.5. The smallest absolute Gasteiger partial charge is 0.264 e. The Balaban J connectivity index is 1.80. The SMILES string of the molecule is CC[C@H](C)NC(=O)[C@@H](Cc1ccccc1)N(Cc1ccc(C)cc1)C(=O)CN(c1ccc(C)cc1)S(=O)(=O)c1ccc(C)cc1. The van der Waals surface area contributed by atoms with Crippen LogP contribution in [0.15, 0.2) is 108 Å². The minimum atomic E-state index is -4.13. The number of carbonyl (C=O) groups is 2. The largest absolute Gasteiger partial charge is 0.352 e. The Kier molecular flexibility index (Phi) is 11.2. The van der Waals surface area contributed by atoms with E-state index in [4.69, 9.17) is 0 Å².